The van der Waals surface area contributed by atoms with Crippen molar-refractivity contribution < 1.29 is 0 Å². The van der Waals surface area contributed by atoms with Gasteiger partial charge in [0.25, 0.3) is 0 Å². The molecule has 1 heterocycles. The van der Waals surface area contributed by atoms with Gasteiger partial charge in [-0.15, -0.1) is 0 Å². The molecular formula is C4H6IN3. The third kappa shape index (κ3) is 0.795. The molecule has 3 nitrogen and oxygen atoms in total. The predicted molar refractivity (Wildman–Crippen MR) is 40.3 cm³/mol. The molecule has 0 spiro atoms. The van der Waals surface area contributed by atoms with E-state index < -0.39 is 0 Å². The standard InChI is InChI=1S/C4H6IN3/c1-8-4(6)3(5)2-7-8/h2H,6H2,1H3. The lowest BCUT2D eigenvalue weighted by molar-refractivity contribution is 0.779. The Balaban J connectivity index is 3.19. The first kappa shape index (κ1) is 5.87. The Morgan fingerprint density at radius 1 is 1.88 bits per heavy atom. The number of hydrogen-bond donors (Lipinski definition) is 1. The van der Waals surface area contributed by atoms with Gasteiger partial charge in [0, 0.05) is 7.05 Å². The molecule has 8 heavy (non-hydrogen) atoms. The SMILES string of the molecule is Cn1ncc(I)c1N. The van der Waals surface area contributed by atoms with Crippen molar-refractivity contribution in [3.8, 4) is 0 Å². The lowest BCUT2D eigenvalue weighted by Crippen LogP contribution is -1.97. The van der Waals surface area contributed by atoms with Gasteiger partial charge < -0.3 is 5.73 Å². The van der Waals surface area contributed by atoms with Crippen LogP contribution in [-0.4, -0.2) is 9.78 Å². The van der Waals surface area contributed by atoms with Crippen LogP contribution in [0.1, 0.15) is 0 Å². The van der Waals surface area contributed by atoms with Crippen LogP contribution in [0.4, 0.5) is 5.82 Å². The summed E-state index contributed by atoms with van der Waals surface area (Å²) in [6.45, 7) is 0. The maximum Gasteiger partial charge on any atom is 0.134 e. The van der Waals surface area contributed by atoms with Crippen molar-refractivity contribution in [3.63, 3.8) is 0 Å². The van der Waals surface area contributed by atoms with Gasteiger partial charge >= 0.3 is 0 Å². The van der Waals surface area contributed by atoms with E-state index in [2.05, 4.69) is 27.7 Å². The second kappa shape index (κ2) is 1.93. The van der Waals surface area contributed by atoms with Crippen molar-refractivity contribution in [2.45, 2.75) is 0 Å². The minimum absolute atomic E-state index is 0.727. The normalized spacial score (nSPS) is 9.75. The highest BCUT2D eigenvalue weighted by molar-refractivity contribution is 14.1. The fraction of sp³-hybridized carbons (Fsp3) is 0.250. The molecule has 0 amide bonds. The molecule has 1 rings (SSSR count). The summed E-state index contributed by atoms with van der Waals surface area (Å²) in [5.41, 5.74) is 5.49. The van der Waals surface area contributed by atoms with Crippen LogP contribution in [0.5, 0.6) is 0 Å². The van der Waals surface area contributed by atoms with Crippen molar-refractivity contribution in [1.29, 1.82) is 0 Å². The Labute approximate surface area is 61.0 Å². The number of halogens is 1. The topological polar surface area (TPSA) is 43.8 Å². The number of aryl methyl sites for hydroxylation is 1. The smallest absolute Gasteiger partial charge is 0.134 e. The molecule has 0 aliphatic carbocycles. The summed E-state index contributed by atoms with van der Waals surface area (Å²) < 4.78 is 2.65. The number of nitrogens with two attached hydrogens (primary N) is 1. The van der Waals surface area contributed by atoms with Crippen molar-refractivity contribution in [2.24, 2.45) is 7.05 Å². The zero-order valence-corrected chi connectivity index (χ0v) is 6.58. The zero-order chi connectivity index (χ0) is 6.15. The van der Waals surface area contributed by atoms with Crippen LogP contribution in [0.2, 0.25) is 0 Å². The Kier molecular flexibility index (Phi) is 1.41. The summed E-state index contributed by atoms with van der Waals surface area (Å²) in [5.74, 6) is 0.727. The number of nitrogens with zero attached hydrogens (tertiary/aromatic N) is 2. The van der Waals surface area contributed by atoms with Gasteiger partial charge in [-0.05, 0) is 22.6 Å². The lowest BCUT2D eigenvalue weighted by atomic mass is 10.7. The fourth-order valence-corrected chi connectivity index (χ4v) is 0.894. The fourth-order valence-electron chi connectivity index (χ4n) is 0.420. The average Bonchev–Trinajstić information content (AvgIpc) is 1.98. The van der Waals surface area contributed by atoms with Crippen molar-refractivity contribution in [2.75, 3.05) is 5.73 Å². The highest BCUT2D eigenvalue weighted by Crippen LogP contribution is 2.10. The van der Waals surface area contributed by atoms with E-state index in [0.717, 1.165) is 9.39 Å². The summed E-state index contributed by atoms with van der Waals surface area (Å²) in [6.07, 6.45) is 1.73. The van der Waals surface area contributed by atoms with E-state index in [-0.39, 0.29) is 0 Å². The molecule has 0 saturated carbocycles. The molecular weight excluding hydrogens is 217 g/mol. The number of nitrogen functional groups attached to an aromatic ring is 1. The minimum Gasteiger partial charge on any atom is -0.383 e. The molecule has 0 radical (unpaired) electrons. The van der Waals surface area contributed by atoms with Gasteiger partial charge in [0.2, 0.25) is 0 Å². The van der Waals surface area contributed by atoms with Crippen molar-refractivity contribution >= 4 is 28.4 Å². The Morgan fingerprint density at radius 2 is 2.50 bits per heavy atom. The summed E-state index contributed by atoms with van der Waals surface area (Å²) in [6, 6.07) is 0. The number of aromatic nitrogens is 2. The van der Waals surface area contributed by atoms with Crippen molar-refractivity contribution in [1.82, 2.24) is 9.78 Å². The maximum atomic E-state index is 5.49. The molecule has 44 valence electrons. The molecule has 2 N–H and O–H groups in total. The predicted octanol–water partition coefficient (Wildman–Crippen LogP) is 0.607. The second-order valence-electron chi connectivity index (χ2n) is 1.50. The average molecular weight is 223 g/mol. The largest absolute Gasteiger partial charge is 0.383 e. The zero-order valence-electron chi connectivity index (χ0n) is 4.43. The molecule has 0 fully saturated rings. The number of anilines is 1. The number of hydrogen-bond acceptors (Lipinski definition) is 2. The van der Waals surface area contributed by atoms with Crippen LogP contribution in [0, 0.1) is 3.57 Å². The van der Waals surface area contributed by atoms with Crippen LogP contribution in [0.15, 0.2) is 6.20 Å². The highest BCUT2D eigenvalue weighted by atomic mass is 127. The van der Waals surface area contributed by atoms with Crippen LogP contribution in [0.3, 0.4) is 0 Å². The van der Waals surface area contributed by atoms with E-state index in [1.54, 1.807) is 10.9 Å². The molecule has 0 bridgehead atoms. The lowest BCUT2D eigenvalue weighted by Gasteiger charge is -1.90. The molecule has 0 saturated heterocycles. The van der Waals surface area contributed by atoms with Crippen LogP contribution >= 0.6 is 22.6 Å². The van der Waals surface area contributed by atoms with Crippen LogP contribution < -0.4 is 5.73 Å². The van der Waals surface area contributed by atoms with E-state index in [1.165, 1.54) is 0 Å². The monoisotopic (exact) mass is 223 g/mol. The van der Waals surface area contributed by atoms with Gasteiger partial charge in [-0.3, -0.25) is 4.68 Å². The summed E-state index contributed by atoms with van der Waals surface area (Å²) in [5, 5.41) is 3.90. The summed E-state index contributed by atoms with van der Waals surface area (Å²) in [7, 11) is 1.82. The third-order valence-electron chi connectivity index (χ3n) is 0.938. The first-order chi connectivity index (χ1) is 3.72. The van der Waals surface area contributed by atoms with Crippen molar-refractivity contribution in [3.05, 3.63) is 9.77 Å². The molecule has 0 atom stereocenters. The van der Waals surface area contributed by atoms with E-state index >= 15 is 0 Å². The first-order valence-electron chi connectivity index (χ1n) is 2.15. The molecule has 1 aromatic heterocycles. The molecule has 4 heteroatoms. The first-order valence-corrected chi connectivity index (χ1v) is 3.22. The summed E-state index contributed by atoms with van der Waals surface area (Å²) >= 11 is 2.14. The van der Waals surface area contributed by atoms with Crippen LogP contribution in [-0.2, 0) is 7.05 Å². The van der Waals surface area contributed by atoms with Gasteiger partial charge in [-0.25, -0.2) is 0 Å². The molecule has 1 aromatic rings. The highest BCUT2D eigenvalue weighted by Gasteiger charge is 1.96. The van der Waals surface area contributed by atoms with Gasteiger partial charge in [-0.1, -0.05) is 0 Å². The van der Waals surface area contributed by atoms with Gasteiger partial charge in [0.15, 0.2) is 0 Å². The Bertz CT molecular complexity index is 174. The van der Waals surface area contributed by atoms with E-state index in [0.29, 0.717) is 0 Å². The van der Waals surface area contributed by atoms with E-state index in [1.807, 2.05) is 7.05 Å². The quantitative estimate of drug-likeness (QED) is 0.654. The third-order valence-corrected chi connectivity index (χ3v) is 1.77. The molecule has 0 aliphatic rings. The minimum atomic E-state index is 0.727. The van der Waals surface area contributed by atoms with E-state index in [4.69, 9.17) is 5.73 Å². The summed E-state index contributed by atoms with van der Waals surface area (Å²) in [4.78, 5) is 0. The van der Waals surface area contributed by atoms with Crippen LogP contribution in [0.25, 0.3) is 0 Å². The van der Waals surface area contributed by atoms with Gasteiger partial charge in [0.1, 0.15) is 5.82 Å². The molecule has 0 aromatic carbocycles. The second-order valence-corrected chi connectivity index (χ2v) is 2.66. The Morgan fingerprint density at radius 3 is 2.62 bits per heavy atom. The Hall–Kier alpha value is -0.260. The van der Waals surface area contributed by atoms with E-state index in [9.17, 15) is 0 Å². The van der Waals surface area contributed by atoms with Gasteiger partial charge in [0.05, 0.1) is 9.77 Å². The molecule has 0 unspecified atom stereocenters. The maximum absolute atomic E-state index is 5.49. The van der Waals surface area contributed by atoms with Gasteiger partial charge in [-0.2, -0.15) is 5.10 Å². The number of rotatable bonds is 0. The molecule has 0 aliphatic heterocycles.